The smallest absolute Gasteiger partial charge is 0.265 e. The van der Waals surface area contributed by atoms with Gasteiger partial charge >= 0.3 is 0 Å². The van der Waals surface area contributed by atoms with E-state index in [0.29, 0.717) is 6.54 Å². The summed E-state index contributed by atoms with van der Waals surface area (Å²) >= 11 is 0. The summed E-state index contributed by atoms with van der Waals surface area (Å²) in [6.45, 7) is 0.551. The average Bonchev–Trinajstić information content (AvgIpc) is 2.81. The summed E-state index contributed by atoms with van der Waals surface area (Å²) < 4.78 is 41.6. The van der Waals surface area contributed by atoms with Crippen LogP contribution >= 0.6 is 0 Å². The summed E-state index contributed by atoms with van der Waals surface area (Å²) in [5, 5.41) is 2.97. The molecule has 0 aliphatic heterocycles. The number of nitrogens with one attached hydrogen (secondary N) is 1. The number of rotatable bonds is 5. The number of nitrogens with zero attached hydrogens (tertiary/aromatic N) is 2. The lowest BCUT2D eigenvalue weighted by Crippen LogP contribution is -2.27. The maximum Gasteiger partial charge on any atom is 0.265 e. The van der Waals surface area contributed by atoms with Crippen LogP contribution in [0.4, 0.5) is 10.1 Å². The number of aryl methyl sites for hydroxylation is 1. The predicted molar refractivity (Wildman–Crippen MR) is 80.2 cm³/mol. The Kier molecular flexibility index (Phi) is 4.34. The summed E-state index contributed by atoms with van der Waals surface area (Å²) in [7, 11) is 1.11. The van der Waals surface area contributed by atoms with E-state index < -0.39 is 15.8 Å². The van der Waals surface area contributed by atoms with E-state index in [1.807, 2.05) is 0 Å². The molecule has 1 aromatic carbocycles. The fourth-order valence-corrected chi connectivity index (χ4v) is 3.37. The molecule has 0 radical (unpaired) electrons. The second kappa shape index (κ2) is 5.87. The minimum Gasteiger partial charge on any atom is -0.352 e. The van der Waals surface area contributed by atoms with Gasteiger partial charge in [0.1, 0.15) is 10.7 Å². The molecular formula is C14H18FN3O2S. The Morgan fingerprint density at radius 2 is 2.00 bits per heavy atom. The number of sulfonamides is 1. The molecule has 0 saturated heterocycles. The van der Waals surface area contributed by atoms with Crippen LogP contribution in [0.25, 0.3) is 0 Å². The minimum absolute atomic E-state index is 0.0246. The Balaban J connectivity index is 2.42. The Hall–Kier alpha value is -1.86. The van der Waals surface area contributed by atoms with Gasteiger partial charge in [-0.05, 0) is 25.2 Å². The molecule has 2 rings (SSSR count). The molecule has 0 atom stereocenters. The number of hydrogen-bond acceptors (Lipinski definition) is 3. The topological polar surface area (TPSA) is 54.3 Å². The molecule has 21 heavy (non-hydrogen) atoms. The maximum atomic E-state index is 13.8. The SMILES string of the molecule is CNCc1cc(S(=O)(=O)N(C)c2ccccc2F)cn1C. The molecule has 5 nitrogen and oxygen atoms in total. The van der Waals surface area contributed by atoms with E-state index in [1.165, 1.54) is 31.4 Å². The Bertz CT molecular complexity index is 740. The molecule has 114 valence electrons. The number of hydrogen-bond donors (Lipinski definition) is 1. The van der Waals surface area contributed by atoms with Gasteiger partial charge in [0.05, 0.1) is 5.69 Å². The quantitative estimate of drug-likeness (QED) is 0.914. The largest absolute Gasteiger partial charge is 0.352 e. The van der Waals surface area contributed by atoms with Crippen molar-refractivity contribution in [1.29, 1.82) is 0 Å². The summed E-state index contributed by atoms with van der Waals surface area (Å²) in [4.78, 5) is 0.140. The van der Waals surface area contributed by atoms with E-state index in [9.17, 15) is 12.8 Å². The lowest BCUT2D eigenvalue weighted by Gasteiger charge is -2.19. The van der Waals surface area contributed by atoms with Gasteiger partial charge in [-0.25, -0.2) is 12.8 Å². The molecule has 0 aliphatic rings. The van der Waals surface area contributed by atoms with Crippen LogP contribution in [-0.4, -0.2) is 27.1 Å². The van der Waals surface area contributed by atoms with Gasteiger partial charge in [-0.3, -0.25) is 4.31 Å². The third-order valence-corrected chi connectivity index (χ3v) is 5.03. The van der Waals surface area contributed by atoms with Crippen molar-refractivity contribution in [3.63, 3.8) is 0 Å². The first-order valence-electron chi connectivity index (χ1n) is 6.41. The summed E-state index contributed by atoms with van der Waals surface area (Å²) in [6.07, 6.45) is 1.53. The van der Waals surface area contributed by atoms with Crippen LogP contribution in [-0.2, 0) is 23.6 Å². The maximum absolute atomic E-state index is 13.8. The summed E-state index contributed by atoms with van der Waals surface area (Å²) in [5.41, 5.74) is 0.856. The van der Waals surface area contributed by atoms with Gasteiger partial charge in [-0.1, -0.05) is 12.1 Å². The van der Waals surface area contributed by atoms with Gasteiger partial charge < -0.3 is 9.88 Å². The van der Waals surface area contributed by atoms with E-state index in [-0.39, 0.29) is 10.6 Å². The van der Waals surface area contributed by atoms with Crippen LogP contribution < -0.4 is 9.62 Å². The molecule has 7 heteroatoms. The molecule has 0 spiro atoms. The first-order chi connectivity index (χ1) is 9.87. The minimum atomic E-state index is -3.79. The van der Waals surface area contributed by atoms with Crippen molar-refractivity contribution in [2.75, 3.05) is 18.4 Å². The molecule has 1 N–H and O–H groups in total. The monoisotopic (exact) mass is 311 g/mol. The zero-order chi connectivity index (χ0) is 15.6. The summed E-state index contributed by atoms with van der Waals surface area (Å²) in [5.74, 6) is -0.574. The van der Waals surface area contributed by atoms with Gasteiger partial charge in [0.15, 0.2) is 0 Å². The van der Waals surface area contributed by atoms with Crippen LogP contribution in [0.5, 0.6) is 0 Å². The molecular weight excluding hydrogens is 293 g/mol. The molecule has 0 fully saturated rings. The van der Waals surface area contributed by atoms with E-state index in [0.717, 1.165) is 10.00 Å². The van der Waals surface area contributed by atoms with Crippen molar-refractivity contribution in [1.82, 2.24) is 9.88 Å². The Labute approximate surface area is 124 Å². The first kappa shape index (κ1) is 15.5. The molecule has 0 aliphatic carbocycles. The van der Waals surface area contributed by atoms with Crippen molar-refractivity contribution in [3.05, 3.63) is 48.0 Å². The highest BCUT2D eigenvalue weighted by atomic mass is 32.2. The number of benzene rings is 1. The third-order valence-electron chi connectivity index (χ3n) is 3.29. The van der Waals surface area contributed by atoms with Crippen molar-refractivity contribution in [3.8, 4) is 0 Å². The summed E-state index contributed by atoms with van der Waals surface area (Å²) in [6, 6.07) is 7.38. The number of halogens is 1. The number of anilines is 1. The van der Waals surface area contributed by atoms with Crippen LogP contribution in [0.3, 0.4) is 0 Å². The van der Waals surface area contributed by atoms with Crippen LogP contribution in [0, 0.1) is 5.82 Å². The third kappa shape index (κ3) is 2.93. The highest BCUT2D eigenvalue weighted by molar-refractivity contribution is 7.92. The second-order valence-corrected chi connectivity index (χ2v) is 6.70. The normalized spacial score (nSPS) is 11.6. The zero-order valence-corrected chi connectivity index (χ0v) is 13.0. The highest BCUT2D eigenvalue weighted by Crippen LogP contribution is 2.25. The molecule has 0 bridgehead atoms. The molecule has 1 aromatic heterocycles. The van der Waals surface area contributed by atoms with Crippen molar-refractivity contribution < 1.29 is 12.8 Å². The fraction of sp³-hybridized carbons (Fsp3) is 0.286. The van der Waals surface area contributed by atoms with E-state index in [1.54, 1.807) is 30.8 Å². The van der Waals surface area contributed by atoms with Gasteiger partial charge in [0, 0.05) is 32.5 Å². The van der Waals surface area contributed by atoms with Crippen LogP contribution in [0.2, 0.25) is 0 Å². The molecule has 2 aromatic rings. The number of aromatic nitrogens is 1. The van der Waals surface area contributed by atoms with E-state index in [2.05, 4.69) is 5.32 Å². The van der Waals surface area contributed by atoms with Crippen LogP contribution in [0.15, 0.2) is 41.4 Å². The van der Waals surface area contributed by atoms with Crippen molar-refractivity contribution in [2.24, 2.45) is 7.05 Å². The zero-order valence-electron chi connectivity index (χ0n) is 12.2. The highest BCUT2D eigenvalue weighted by Gasteiger charge is 2.25. The number of para-hydroxylation sites is 1. The second-order valence-electron chi connectivity index (χ2n) is 4.73. The van der Waals surface area contributed by atoms with Crippen molar-refractivity contribution in [2.45, 2.75) is 11.4 Å². The molecule has 0 amide bonds. The average molecular weight is 311 g/mol. The molecule has 0 saturated carbocycles. The Morgan fingerprint density at radius 1 is 1.33 bits per heavy atom. The lowest BCUT2D eigenvalue weighted by atomic mass is 10.3. The van der Waals surface area contributed by atoms with E-state index >= 15 is 0 Å². The van der Waals surface area contributed by atoms with Crippen LogP contribution in [0.1, 0.15) is 5.69 Å². The van der Waals surface area contributed by atoms with E-state index in [4.69, 9.17) is 0 Å². The van der Waals surface area contributed by atoms with Crippen molar-refractivity contribution >= 4 is 15.7 Å². The van der Waals surface area contributed by atoms with Gasteiger partial charge in [0.25, 0.3) is 10.0 Å². The van der Waals surface area contributed by atoms with Gasteiger partial charge in [-0.15, -0.1) is 0 Å². The van der Waals surface area contributed by atoms with Gasteiger partial charge in [0.2, 0.25) is 0 Å². The predicted octanol–water partition coefficient (Wildman–Crippen LogP) is 1.71. The first-order valence-corrected chi connectivity index (χ1v) is 7.85. The fourth-order valence-electron chi connectivity index (χ4n) is 2.07. The Morgan fingerprint density at radius 3 is 2.62 bits per heavy atom. The molecule has 1 heterocycles. The molecule has 0 unspecified atom stereocenters. The van der Waals surface area contributed by atoms with Gasteiger partial charge in [-0.2, -0.15) is 0 Å². The standard InChI is InChI=1S/C14H18FN3O2S/c1-16-9-11-8-12(10-17(11)2)21(19,20)18(3)14-7-5-4-6-13(14)15/h4-8,10,16H,9H2,1-3H3. The lowest BCUT2D eigenvalue weighted by molar-refractivity contribution is 0.589.